The van der Waals surface area contributed by atoms with E-state index in [0.29, 0.717) is 27.7 Å². The molecule has 140 valence electrons. The third-order valence-corrected chi connectivity index (χ3v) is 4.31. The maximum atomic E-state index is 13.3. The molecular formula is C19H20FN5O2. The number of hydrogen-bond donors (Lipinski definition) is 2. The predicted octanol–water partition coefficient (Wildman–Crippen LogP) is 2.55. The van der Waals surface area contributed by atoms with Crippen molar-refractivity contribution in [1.29, 1.82) is 5.26 Å². The Kier molecular flexibility index (Phi) is 4.94. The summed E-state index contributed by atoms with van der Waals surface area (Å²) in [5.41, 5.74) is 1.61. The fourth-order valence-corrected chi connectivity index (χ4v) is 2.84. The highest BCUT2D eigenvalue weighted by atomic mass is 19.1. The number of halogens is 1. The van der Waals surface area contributed by atoms with Crippen molar-refractivity contribution in [2.24, 2.45) is 0 Å². The number of nitriles is 1. The van der Waals surface area contributed by atoms with Gasteiger partial charge < -0.3 is 10.3 Å². The van der Waals surface area contributed by atoms with Gasteiger partial charge in [0.2, 0.25) is 5.91 Å². The number of carbonyl (C=O) groups is 1. The van der Waals surface area contributed by atoms with Gasteiger partial charge in [0.1, 0.15) is 11.9 Å². The summed E-state index contributed by atoms with van der Waals surface area (Å²) in [6.45, 7) is 3.46. The molecule has 2 heterocycles. The summed E-state index contributed by atoms with van der Waals surface area (Å²) in [4.78, 5) is 35.3. The van der Waals surface area contributed by atoms with Gasteiger partial charge >= 0.3 is 0 Å². The molecule has 1 atom stereocenters. The third kappa shape index (κ3) is 3.82. The number of benzene rings is 1. The summed E-state index contributed by atoms with van der Waals surface area (Å²) in [5, 5.41) is 12.2. The van der Waals surface area contributed by atoms with Crippen LogP contribution in [0.3, 0.4) is 0 Å². The molecule has 2 aromatic heterocycles. The van der Waals surface area contributed by atoms with Crippen molar-refractivity contribution in [1.82, 2.24) is 20.3 Å². The van der Waals surface area contributed by atoms with Gasteiger partial charge in [0.25, 0.3) is 5.56 Å². The minimum absolute atomic E-state index is 0. The molecule has 0 saturated carbocycles. The van der Waals surface area contributed by atoms with Crippen LogP contribution in [0.5, 0.6) is 0 Å². The average molecular weight is 369 g/mol. The fourth-order valence-electron chi connectivity index (χ4n) is 2.84. The molecule has 0 aliphatic heterocycles. The molecule has 1 aromatic carbocycles. The van der Waals surface area contributed by atoms with E-state index >= 15 is 0 Å². The number of nitrogens with one attached hydrogen (secondary N) is 2. The lowest BCUT2D eigenvalue weighted by Crippen LogP contribution is -2.31. The number of pyridine rings is 1. The van der Waals surface area contributed by atoms with Crippen LogP contribution in [0.15, 0.2) is 35.4 Å². The highest BCUT2D eigenvalue weighted by Gasteiger charge is 2.16. The van der Waals surface area contributed by atoms with Crippen LogP contribution >= 0.6 is 0 Å². The Morgan fingerprint density at radius 3 is 2.85 bits per heavy atom. The van der Waals surface area contributed by atoms with E-state index < -0.39 is 17.4 Å². The summed E-state index contributed by atoms with van der Waals surface area (Å²) >= 11 is 0. The molecule has 0 fully saturated rings. The number of hydrogen-bond acceptors (Lipinski definition) is 5. The molecule has 0 bridgehead atoms. The number of carbonyl (C=O) groups excluding carboxylic acids is 1. The van der Waals surface area contributed by atoms with Gasteiger partial charge in [-0.1, -0.05) is 0 Å². The second-order valence-corrected chi connectivity index (χ2v) is 6.15. The summed E-state index contributed by atoms with van der Waals surface area (Å²) in [6.07, 6.45) is 2.63. The predicted molar refractivity (Wildman–Crippen MR) is 101 cm³/mol. The van der Waals surface area contributed by atoms with Crippen LogP contribution in [0.1, 0.15) is 38.3 Å². The molecule has 1 amide bonds. The minimum atomic E-state index is -0.444. The summed E-state index contributed by atoms with van der Waals surface area (Å²) in [6, 6.07) is 5.57. The van der Waals surface area contributed by atoms with Crippen LogP contribution in [0.25, 0.3) is 10.9 Å². The normalized spacial score (nSPS) is 11.8. The molecule has 27 heavy (non-hydrogen) atoms. The van der Waals surface area contributed by atoms with E-state index in [1.165, 1.54) is 24.5 Å². The molecular weight excluding hydrogens is 349 g/mol. The topological polar surface area (TPSA) is 112 Å². The maximum absolute atomic E-state index is 13.3. The van der Waals surface area contributed by atoms with Crippen molar-refractivity contribution >= 4 is 16.8 Å². The van der Waals surface area contributed by atoms with E-state index in [2.05, 4.69) is 20.3 Å². The van der Waals surface area contributed by atoms with Crippen LogP contribution < -0.4 is 10.9 Å². The maximum Gasteiger partial charge on any atom is 0.252 e. The lowest BCUT2D eigenvalue weighted by Gasteiger charge is -2.14. The Bertz CT molecular complexity index is 1130. The quantitative estimate of drug-likeness (QED) is 0.734. The molecule has 7 nitrogen and oxygen atoms in total. The summed E-state index contributed by atoms with van der Waals surface area (Å²) in [5.74, 6) is -0.802. The largest absolute Gasteiger partial charge is 0.348 e. The van der Waals surface area contributed by atoms with E-state index in [1.54, 1.807) is 19.9 Å². The SMILES string of the molecule is Cc1c(CC(=O)N[C@H](C)c2cnc(C#N)cn2)c(=O)[nH]c2cc(F)ccc12.[HH].[HH]. The van der Waals surface area contributed by atoms with E-state index in [1.807, 2.05) is 6.07 Å². The number of nitrogens with zero attached hydrogens (tertiary/aromatic N) is 3. The molecule has 0 saturated heterocycles. The molecule has 0 aliphatic carbocycles. The zero-order chi connectivity index (χ0) is 19.6. The number of rotatable bonds is 4. The molecule has 2 N–H and O–H groups in total. The summed E-state index contributed by atoms with van der Waals surface area (Å²) < 4.78 is 13.3. The molecule has 0 spiro atoms. The Balaban J connectivity index is 0.00000210. The Labute approximate surface area is 156 Å². The van der Waals surface area contributed by atoms with Crippen molar-refractivity contribution in [2.75, 3.05) is 0 Å². The lowest BCUT2D eigenvalue weighted by atomic mass is 10.0. The van der Waals surface area contributed by atoms with Gasteiger partial charge in [-0.05, 0) is 37.6 Å². The molecule has 8 heteroatoms. The van der Waals surface area contributed by atoms with E-state index in [9.17, 15) is 14.0 Å². The van der Waals surface area contributed by atoms with Crippen molar-refractivity contribution in [3.63, 3.8) is 0 Å². The average Bonchev–Trinajstić information content (AvgIpc) is 2.65. The Hall–Kier alpha value is -3.60. The first-order chi connectivity index (χ1) is 12.9. The van der Waals surface area contributed by atoms with Crippen molar-refractivity contribution < 1.29 is 12.0 Å². The lowest BCUT2D eigenvalue weighted by molar-refractivity contribution is -0.121. The monoisotopic (exact) mass is 369 g/mol. The van der Waals surface area contributed by atoms with Gasteiger partial charge in [0.05, 0.1) is 36.1 Å². The van der Waals surface area contributed by atoms with Gasteiger partial charge in [-0.3, -0.25) is 14.6 Å². The highest BCUT2D eigenvalue weighted by molar-refractivity contribution is 5.85. The molecule has 0 aliphatic rings. The number of aromatic amines is 1. The van der Waals surface area contributed by atoms with Crippen LogP contribution in [0.4, 0.5) is 4.39 Å². The van der Waals surface area contributed by atoms with Crippen LogP contribution in [0, 0.1) is 24.1 Å². The molecule has 3 aromatic rings. The van der Waals surface area contributed by atoms with Crippen LogP contribution in [0.2, 0.25) is 0 Å². The standard InChI is InChI=1S/C19H16FN5O2.2H2/c1-10-14-4-3-12(20)5-16(14)25-19(27)15(10)6-18(26)24-11(2)17-9-22-13(7-21)8-23-17;;/h3-5,8-9,11H,6H2,1-2H3,(H,24,26)(H,25,27);2*1H/t11-;;/m1../s1. The highest BCUT2D eigenvalue weighted by Crippen LogP contribution is 2.19. The fraction of sp³-hybridized carbons (Fsp3) is 0.211. The second-order valence-electron chi connectivity index (χ2n) is 6.15. The van der Waals surface area contributed by atoms with E-state index in [-0.39, 0.29) is 20.9 Å². The number of amides is 1. The third-order valence-electron chi connectivity index (χ3n) is 4.31. The zero-order valence-electron chi connectivity index (χ0n) is 14.7. The Morgan fingerprint density at radius 2 is 2.19 bits per heavy atom. The van der Waals surface area contributed by atoms with Gasteiger partial charge in [0, 0.05) is 13.8 Å². The number of fused-ring (bicyclic) bond motifs is 1. The first-order valence-electron chi connectivity index (χ1n) is 8.21. The van der Waals surface area contributed by atoms with Crippen LogP contribution in [-0.4, -0.2) is 20.9 Å². The van der Waals surface area contributed by atoms with Gasteiger partial charge in [-0.15, -0.1) is 0 Å². The number of H-pyrrole nitrogens is 1. The first-order valence-corrected chi connectivity index (χ1v) is 8.21. The van der Waals surface area contributed by atoms with E-state index in [4.69, 9.17) is 5.26 Å². The molecule has 3 rings (SSSR count). The molecule has 0 radical (unpaired) electrons. The second kappa shape index (κ2) is 7.33. The number of aryl methyl sites for hydroxylation is 1. The first kappa shape index (κ1) is 18.2. The Morgan fingerprint density at radius 1 is 1.41 bits per heavy atom. The summed E-state index contributed by atoms with van der Waals surface area (Å²) in [7, 11) is 0. The smallest absolute Gasteiger partial charge is 0.252 e. The number of aromatic nitrogens is 3. The minimum Gasteiger partial charge on any atom is -0.348 e. The van der Waals surface area contributed by atoms with E-state index in [0.717, 1.165) is 0 Å². The van der Waals surface area contributed by atoms with Crippen molar-refractivity contribution in [3.8, 4) is 6.07 Å². The van der Waals surface area contributed by atoms with Crippen molar-refractivity contribution in [2.45, 2.75) is 26.3 Å². The zero-order valence-corrected chi connectivity index (χ0v) is 14.7. The van der Waals surface area contributed by atoms with Crippen LogP contribution in [-0.2, 0) is 11.2 Å². The van der Waals surface area contributed by atoms with Crippen molar-refractivity contribution in [3.05, 3.63) is 69.3 Å². The van der Waals surface area contributed by atoms with Gasteiger partial charge in [0.15, 0.2) is 5.69 Å². The molecule has 0 unspecified atom stereocenters. The van der Waals surface area contributed by atoms with Gasteiger partial charge in [-0.25, -0.2) is 9.37 Å². The van der Waals surface area contributed by atoms with Gasteiger partial charge in [-0.2, -0.15) is 5.26 Å².